The standard InChI is InChI=1S/C20H17N5O2/c1-26-16-9-6-14(7-10-16)17-11-8-15(13-19(17)27-2)25-23-20(22-24-25)18-5-3-4-12-21-18/h3-13H,1-2H3. The van der Waals surface area contributed by atoms with Crippen LogP contribution in [0.3, 0.4) is 0 Å². The summed E-state index contributed by atoms with van der Waals surface area (Å²) >= 11 is 0. The van der Waals surface area contributed by atoms with Crippen LogP contribution in [0.25, 0.3) is 28.3 Å². The van der Waals surface area contributed by atoms with Crippen LogP contribution >= 0.6 is 0 Å². The molecule has 134 valence electrons. The van der Waals surface area contributed by atoms with Gasteiger partial charge in [0.05, 0.1) is 19.9 Å². The van der Waals surface area contributed by atoms with Crippen molar-refractivity contribution in [3.8, 4) is 39.8 Å². The van der Waals surface area contributed by atoms with E-state index in [0.717, 1.165) is 22.6 Å². The van der Waals surface area contributed by atoms with Crippen molar-refractivity contribution in [2.75, 3.05) is 14.2 Å². The largest absolute Gasteiger partial charge is 0.497 e. The lowest BCUT2D eigenvalue weighted by molar-refractivity contribution is 0.414. The van der Waals surface area contributed by atoms with Crippen molar-refractivity contribution in [1.82, 2.24) is 25.2 Å². The molecule has 0 aliphatic heterocycles. The summed E-state index contributed by atoms with van der Waals surface area (Å²) in [6, 6.07) is 19.2. The molecule has 0 spiro atoms. The lowest BCUT2D eigenvalue weighted by Crippen LogP contribution is -2.00. The molecule has 27 heavy (non-hydrogen) atoms. The number of methoxy groups -OCH3 is 2. The average molecular weight is 359 g/mol. The van der Waals surface area contributed by atoms with Crippen LogP contribution in [0.4, 0.5) is 0 Å². The van der Waals surface area contributed by atoms with Crippen LogP contribution in [-0.2, 0) is 0 Å². The lowest BCUT2D eigenvalue weighted by Gasteiger charge is -2.11. The Labute approximate surface area is 156 Å². The second kappa shape index (κ2) is 7.25. The Kier molecular flexibility index (Phi) is 4.49. The summed E-state index contributed by atoms with van der Waals surface area (Å²) in [4.78, 5) is 5.71. The molecular formula is C20H17N5O2. The number of aromatic nitrogens is 5. The number of tetrazole rings is 1. The lowest BCUT2D eigenvalue weighted by atomic mass is 10.0. The molecule has 2 aromatic carbocycles. The van der Waals surface area contributed by atoms with Gasteiger partial charge in [-0.2, -0.15) is 0 Å². The number of ether oxygens (including phenoxy) is 2. The fourth-order valence-corrected chi connectivity index (χ4v) is 2.73. The van der Waals surface area contributed by atoms with Crippen molar-refractivity contribution in [2.45, 2.75) is 0 Å². The highest BCUT2D eigenvalue weighted by Crippen LogP contribution is 2.32. The first-order chi connectivity index (χ1) is 13.3. The topological polar surface area (TPSA) is 75.0 Å². The van der Waals surface area contributed by atoms with Crippen LogP contribution in [0.2, 0.25) is 0 Å². The molecule has 0 fully saturated rings. The summed E-state index contributed by atoms with van der Waals surface area (Å²) in [5.41, 5.74) is 3.42. The quantitative estimate of drug-likeness (QED) is 0.544. The van der Waals surface area contributed by atoms with Crippen molar-refractivity contribution in [1.29, 1.82) is 0 Å². The molecule has 0 aliphatic rings. The predicted octanol–water partition coefficient (Wildman–Crippen LogP) is 3.41. The molecule has 2 heterocycles. The summed E-state index contributed by atoms with van der Waals surface area (Å²) in [7, 11) is 3.29. The second-order valence-corrected chi connectivity index (χ2v) is 5.73. The Balaban J connectivity index is 1.68. The van der Waals surface area contributed by atoms with Crippen LogP contribution < -0.4 is 9.47 Å². The van der Waals surface area contributed by atoms with Crippen LogP contribution in [-0.4, -0.2) is 39.4 Å². The molecule has 0 aliphatic carbocycles. The number of nitrogens with zero attached hydrogens (tertiary/aromatic N) is 5. The van der Waals surface area contributed by atoms with Crippen molar-refractivity contribution in [2.24, 2.45) is 0 Å². The second-order valence-electron chi connectivity index (χ2n) is 5.73. The van der Waals surface area contributed by atoms with Crippen LogP contribution in [0, 0.1) is 0 Å². The molecule has 0 N–H and O–H groups in total. The van der Waals surface area contributed by atoms with Gasteiger partial charge >= 0.3 is 0 Å². The minimum atomic E-state index is 0.466. The molecule has 0 amide bonds. The Morgan fingerprint density at radius 1 is 0.889 bits per heavy atom. The van der Waals surface area contributed by atoms with Gasteiger partial charge in [-0.3, -0.25) is 4.98 Å². The SMILES string of the molecule is COc1ccc(-c2ccc(-n3nnc(-c4ccccn4)n3)cc2OC)cc1. The van der Waals surface area contributed by atoms with Crippen LogP contribution in [0.1, 0.15) is 0 Å². The number of rotatable bonds is 5. The average Bonchev–Trinajstić information content (AvgIpc) is 3.24. The van der Waals surface area contributed by atoms with Gasteiger partial charge in [0.1, 0.15) is 17.2 Å². The molecule has 7 heteroatoms. The maximum atomic E-state index is 5.58. The minimum absolute atomic E-state index is 0.466. The van der Waals surface area contributed by atoms with Gasteiger partial charge in [0, 0.05) is 17.8 Å². The van der Waals surface area contributed by atoms with E-state index < -0.39 is 0 Å². The molecule has 0 unspecified atom stereocenters. The molecular weight excluding hydrogens is 342 g/mol. The monoisotopic (exact) mass is 359 g/mol. The summed E-state index contributed by atoms with van der Waals surface area (Å²) in [6.45, 7) is 0. The highest BCUT2D eigenvalue weighted by Gasteiger charge is 2.12. The van der Waals surface area contributed by atoms with Crippen molar-refractivity contribution in [3.63, 3.8) is 0 Å². The van der Waals surface area contributed by atoms with Gasteiger partial charge in [-0.15, -0.1) is 15.0 Å². The zero-order chi connectivity index (χ0) is 18.6. The van der Waals surface area contributed by atoms with Gasteiger partial charge in [-0.1, -0.05) is 18.2 Å². The normalized spacial score (nSPS) is 10.6. The van der Waals surface area contributed by atoms with Gasteiger partial charge in [0.2, 0.25) is 5.82 Å². The Bertz CT molecular complexity index is 1050. The Hall–Kier alpha value is -3.74. The maximum Gasteiger partial charge on any atom is 0.223 e. The molecule has 7 nitrogen and oxygen atoms in total. The van der Waals surface area contributed by atoms with Gasteiger partial charge in [0.15, 0.2) is 0 Å². The van der Waals surface area contributed by atoms with E-state index in [4.69, 9.17) is 9.47 Å². The number of hydrogen-bond donors (Lipinski definition) is 0. The number of benzene rings is 2. The number of hydrogen-bond acceptors (Lipinski definition) is 6. The fraction of sp³-hybridized carbons (Fsp3) is 0.100. The first kappa shape index (κ1) is 16.7. The third-order valence-electron chi connectivity index (χ3n) is 4.12. The molecule has 4 rings (SSSR count). The highest BCUT2D eigenvalue weighted by atomic mass is 16.5. The van der Waals surface area contributed by atoms with Crippen molar-refractivity contribution < 1.29 is 9.47 Å². The molecule has 0 atom stereocenters. The maximum absolute atomic E-state index is 5.58. The van der Waals surface area contributed by atoms with E-state index in [-0.39, 0.29) is 0 Å². The Morgan fingerprint density at radius 2 is 1.74 bits per heavy atom. The van der Waals surface area contributed by atoms with E-state index in [2.05, 4.69) is 20.4 Å². The summed E-state index contributed by atoms with van der Waals surface area (Å²) in [5, 5.41) is 12.6. The fourth-order valence-electron chi connectivity index (χ4n) is 2.73. The molecule has 0 bridgehead atoms. The smallest absolute Gasteiger partial charge is 0.223 e. The summed E-state index contributed by atoms with van der Waals surface area (Å²) < 4.78 is 10.8. The van der Waals surface area contributed by atoms with Crippen molar-refractivity contribution in [3.05, 3.63) is 66.9 Å². The van der Waals surface area contributed by atoms with Crippen LogP contribution in [0.5, 0.6) is 11.5 Å². The van der Waals surface area contributed by atoms with E-state index in [9.17, 15) is 0 Å². The van der Waals surface area contributed by atoms with E-state index in [0.29, 0.717) is 17.3 Å². The first-order valence-electron chi connectivity index (χ1n) is 8.33. The highest BCUT2D eigenvalue weighted by molar-refractivity contribution is 5.72. The molecule has 4 aromatic rings. The third-order valence-corrected chi connectivity index (χ3v) is 4.12. The number of pyridine rings is 1. The van der Waals surface area contributed by atoms with E-state index in [1.165, 1.54) is 4.80 Å². The molecule has 2 aromatic heterocycles. The summed E-state index contributed by atoms with van der Waals surface area (Å²) in [6.07, 6.45) is 1.70. The van der Waals surface area contributed by atoms with Crippen molar-refractivity contribution >= 4 is 0 Å². The van der Waals surface area contributed by atoms with E-state index in [1.807, 2.05) is 60.7 Å². The van der Waals surface area contributed by atoms with Gasteiger partial charge in [-0.05, 0) is 47.2 Å². The van der Waals surface area contributed by atoms with Gasteiger partial charge in [0.25, 0.3) is 0 Å². The van der Waals surface area contributed by atoms with E-state index in [1.54, 1.807) is 20.4 Å². The minimum Gasteiger partial charge on any atom is -0.497 e. The van der Waals surface area contributed by atoms with Gasteiger partial charge < -0.3 is 9.47 Å². The predicted molar refractivity (Wildman–Crippen MR) is 101 cm³/mol. The zero-order valence-corrected chi connectivity index (χ0v) is 14.9. The third kappa shape index (κ3) is 3.35. The summed E-state index contributed by atoms with van der Waals surface area (Å²) in [5.74, 6) is 1.99. The molecule has 0 radical (unpaired) electrons. The van der Waals surface area contributed by atoms with Gasteiger partial charge in [-0.25, -0.2) is 0 Å². The molecule has 0 saturated heterocycles. The molecule has 0 saturated carbocycles. The van der Waals surface area contributed by atoms with Crippen LogP contribution in [0.15, 0.2) is 66.9 Å². The first-order valence-corrected chi connectivity index (χ1v) is 8.33. The Morgan fingerprint density at radius 3 is 2.44 bits per heavy atom. The zero-order valence-electron chi connectivity index (χ0n) is 14.9. The van der Waals surface area contributed by atoms with E-state index >= 15 is 0 Å².